The van der Waals surface area contributed by atoms with Gasteiger partial charge in [0.25, 0.3) is 5.91 Å². The van der Waals surface area contributed by atoms with Crippen LogP contribution in [0.15, 0.2) is 21.2 Å². The van der Waals surface area contributed by atoms with E-state index in [1.807, 2.05) is 0 Å². The lowest BCUT2D eigenvalue weighted by Gasteiger charge is -2.31. The molecule has 0 saturated carbocycles. The van der Waals surface area contributed by atoms with Gasteiger partial charge in [-0.2, -0.15) is 0 Å². The molecule has 88 valence electrons. The number of morpholine rings is 1. The highest BCUT2D eigenvalue weighted by molar-refractivity contribution is 9.10. The lowest BCUT2D eigenvalue weighted by atomic mass is 10.2. The van der Waals surface area contributed by atoms with E-state index in [0.717, 1.165) is 0 Å². The third-order valence-corrected chi connectivity index (χ3v) is 2.90. The van der Waals surface area contributed by atoms with Gasteiger partial charge in [-0.3, -0.25) is 4.79 Å². The van der Waals surface area contributed by atoms with Crippen molar-refractivity contribution in [3.8, 4) is 0 Å². The molecule has 0 radical (unpaired) electrons. The Hall–Kier alpha value is -0.850. The van der Waals surface area contributed by atoms with E-state index in [0.29, 0.717) is 36.7 Å². The molecule has 2 N–H and O–H groups in total. The lowest BCUT2D eigenvalue weighted by molar-refractivity contribution is -0.0178. The van der Waals surface area contributed by atoms with Crippen LogP contribution in [-0.2, 0) is 4.74 Å². The number of ether oxygens (including phenoxy) is 1. The van der Waals surface area contributed by atoms with Gasteiger partial charge in [-0.25, -0.2) is 0 Å². The van der Waals surface area contributed by atoms with Crippen LogP contribution in [0, 0.1) is 0 Å². The van der Waals surface area contributed by atoms with E-state index < -0.39 is 0 Å². The number of halogens is 1. The molecule has 1 atom stereocenters. The summed E-state index contributed by atoms with van der Waals surface area (Å²) in [6, 6.07) is 3.35. The Bertz CT molecular complexity index is 380. The maximum absolute atomic E-state index is 12.0. The molecule has 16 heavy (non-hydrogen) atoms. The van der Waals surface area contributed by atoms with Gasteiger partial charge in [-0.1, -0.05) is 0 Å². The van der Waals surface area contributed by atoms with Gasteiger partial charge in [0, 0.05) is 19.6 Å². The monoisotopic (exact) mass is 288 g/mol. The second kappa shape index (κ2) is 4.99. The van der Waals surface area contributed by atoms with Crippen molar-refractivity contribution in [1.29, 1.82) is 0 Å². The van der Waals surface area contributed by atoms with Crippen molar-refractivity contribution in [3.63, 3.8) is 0 Å². The first-order chi connectivity index (χ1) is 7.70. The highest BCUT2D eigenvalue weighted by Crippen LogP contribution is 2.17. The molecule has 6 heteroatoms. The van der Waals surface area contributed by atoms with Crippen LogP contribution in [0.3, 0.4) is 0 Å². The number of carbonyl (C=O) groups excluding carboxylic acids is 1. The Balaban J connectivity index is 2.04. The number of carbonyl (C=O) groups is 1. The molecular weight excluding hydrogens is 276 g/mol. The molecule has 0 bridgehead atoms. The van der Waals surface area contributed by atoms with E-state index in [1.54, 1.807) is 17.0 Å². The molecule has 2 heterocycles. The van der Waals surface area contributed by atoms with Crippen LogP contribution < -0.4 is 5.73 Å². The summed E-state index contributed by atoms with van der Waals surface area (Å²) in [6.07, 6.45) is -0.0731. The molecule has 5 nitrogen and oxygen atoms in total. The molecule has 1 amide bonds. The van der Waals surface area contributed by atoms with Crippen LogP contribution >= 0.6 is 15.9 Å². The van der Waals surface area contributed by atoms with Crippen LogP contribution in [-0.4, -0.2) is 43.2 Å². The fourth-order valence-electron chi connectivity index (χ4n) is 1.63. The van der Waals surface area contributed by atoms with Crippen molar-refractivity contribution in [1.82, 2.24) is 4.90 Å². The van der Waals surface area contributed by atoms with E-state index in [1.165, 1.54) is 0 Å². The highest BCUT2D eigenvalue weighted by atomic mass is 79.9. The minimum Gasteiger partial charge on any atom is -0.444 e. The van der Waals surface area contributed by atoms with Gasteiger partial charge in [-0.05, 0) is 28.1 Å². The summed E-state index contributed by atoms with van der Waals surface area (Å²) in [5, 5.41) is 0. The summed E-state index contributed by atoms with van der Waals surface area (Å²) < 4.78 is 11.2. The maximum atomic E-state index is 12.0. The number of hydrogen-bond donors (Lipinski definition) is 1. The molecule has 0 aliphatic carbocycles. The molecule has 0 aromatic carbocycles. The molecule has 1 fully saturated rings. The van der Waals surface area contributed by atoms with Gasteiger partial charge >= 0.3 is 0 Å². The van der Waals surface area contributed by atoms with Crippen LogP contribution in [0.1, 0.15) is 10.6 Å². The zero-order valence-corrected chi connectivity index (χ0v) is 10.3. The number of hydrogen-bond acceptors (Lipinski definition) is 4. The average molecular weight is 289 g/mol. The molecule has 1 saturated heterocycles. The smallest absolute Gasteiger partial charge is 0.289 e. The predicted molar refractivity (Wildman–Crippen MR) is 61.1 cm³/mol. The van der Waals surface area contributed by atoms with Crippen LogP contribution in [0.25, 0.3) is 0 Å². The largest absolute Gasteiger partial charge is 0.444 e. The quantitative estimate of drug-likeness (QED) is 0.876. The van der Waals surface area contributed by atoms with Gasteiger partial charge in [0.1, 0.15) is 0 Å². The first-order valence-corrected chi connectivity index (χ1v) is 5.86. The van der Waals surface area contributed by atoms with Gasteiger partial charge in [0.2, 0.25) is 0 Å². The third kappa shape index (κ3) is 2.45. The zero-order valence-electron chi connectivity index (χ0n) is 8.69. The van der Waals surface area contributed by atoms with Crippen molar-refractivity contribution in [2.75, 3.05) is 26.2 Å². The van der Waals surface area contributed by atoms with E-state index in [4.69, 9.17) is 14.9 Å². The third-order valence-electron chi connectivity index (χ3n) is 2.47. The molecule has 0 spiro atoms. The summed E-state index contributed by atoms with van der Waals surface area (Å²) in [5.74, 6) is 0.219. The van der Waals surface area contributed by atoms with Crippen molar-refractivity contribution < 1.29 is 13.9 Å². The Labute approximate surface area is 102 Å². The number of nitrogens with zero attached hydrogens (tertiary/aromatic N) is 1. The average Bonchev–Trinajstić information content (AvgIpc) is 2.75. The van der Waals surface area contributed by atoms with E-state index in [-0.39, 0.29) is 12.0 Å². The Morgan fingerprint density at radius 2 is 2.44 bits per heavy atom. The molecule has 2 rings (SSSR count). The minimum atomic E-state index is -0.118. The molecule has 1 aliphatic rings. The fourth-order valence-corrected chi connectivity index (χ4v) is 1.94. The van der Waals surface area contributed by atoms with Crippen LogP contribution in [0.2, 0.25) is 0 Å². The van der Waals surface area contributed by atoms with Crippen molar-refractivity contribution in [3.05, 3.63) is 22.6 Å². The second-order valence-electron chi connectivity index (χ2n) is 3.58. The summed E-state index contributed by atoms with van der Waals surface area (Å²) in [7, 11) is 0. The number of amides is 1. The van der Waals surface area contributed by atoms with Crippen LogP contribution in [0.4, 0.5) is 0 Å². The van der Waals surface area contributed by atoms with Gasteiger partial charge in [0.05, 0.1) is 12.7 Å². The molecule has 1 unspecified atom stereocenters. The van der Waals surface area contributed by atoms with Gasteiger partial charge in [-0.15, -0.1) is 0 Å². The van der Waals surface area contributed by atoms with Crippen LogP contribution in [0.5, 0.6) is 0 Å². The van der Waals surface area contributed by atoms with Crippen molar-refractivity contribution in [2.45, 2.75) is 6.10 Å². The SMILES string of the molecule is NCC1CN(C(=O)c2ccc(Br)o2)CCO1. The predicted octanol–water partition coefficient (Wildman–Crippen LogP) is 0.842. The Morgan fingerprint density at radius 3 is 3.06 bits per heavy atom. The standard InChI is InChI=1S/C10H13BrN2O3/c11-9-2-1-8(16-9)10(14)13-3-4-15-7(5-12)6-13/h1-2,7H,3-6,12H2. The Morgan fingerprint density at radius 1 is 1.62 bits per heavy atom. The topological polar surface area (TPSA) is 68.7 Å². The van der Waals surface area contributed by atoms with E-state index in [2.05, 4.69) is 15.9 Å². The fraction of sp³-hybridized carbons (Fsp3) is 0.500. The Kier molecular flexibility index (Phi) is 3.63. The number of furan rings is 1. The minimum absolute atomic E-state index is 0.0731. The zero-order chi connectivity index (χ0) is 11.5. The van der Waals surface area contributed by atoms with Crippen molar-refractivity contribution in [2.24, 2.45) is 5.73 Å². The lowest BCUT2D eigenvalue weighted by Crippen LogP contribution is -2.48. The number of rotatable bonds is 2. The molecular formula is C10H13BrN2O3. The first-order valence-electron chi connectivity index (χ1n) is 5.07. The van der Waals surface area contributed by atoms with Gasteiger partial charge < -0.3 is 19.8 Å². The normalized spacial score (nSPS) is 21.1. The second-order valence-corrected chi connectivity index (χ2v) is 4.37. The van der Waals surface area contributed by atoms with E-state index in [9.17, 15) is 4.79 Å². The first kappa shape index (κ1) is 11.6. The van der Waals surface area contributed by atoms with Gasteiger partial charge in [0.15, 0.2) is 10.4 Å². The summed E-state index contributed by atoms with van der Waals surface area (Å²) in [4.78, 5) is 13.7. The maximum Gasteiger partial charge on any atom is 0.289 e. The van der Waals surface area contributed by atoms with Crippen molar-refractivity contribution >= 4 is 21.8 Å². The summed E-state index contributed by atoms with van der Waals surface area (Å²) >= 11 is 3.17. The summed E-state index contributed by atoms with van der Waals surface area (Å²) in [6.45, 7) is 2.04. The van der Waals surface area contributed by atoms with E-state index >= 15 is 0 Å². The summed E-state index contributed by atoms with van der Waals surface area (Å²) in [5.41, 5.74) is 5.51. The molecule has 1 aromatic rings. The molecule has 1 aromatic heterocycles. The number of nitrogens with two attached hydrogens (primary N) is 1. The molecule has 1 aliphatic heterocycles. The highest BCUT2D eigenvalue weighted by Gasteiger charge is 2.25.